The van der Waals surface area contributed by atoms with E-state index >= 15 is 0 Å². The number of rotatable bonds is 9. The zero-order chi connectivity index (χ0) is 27.5. The lowest BCUT2D eigenvalue weighted by Gasteiger charge is -2.28. The molecule has 40 heavy (non-hydrogen) atoms. The molecule has 1 amide bonds. The second kappa shape index (κ2) is 11.3. The zero-order valence-electron chi connectivity index (χ0n) is 21.4. The number of anilines is 2. The van der Waals surface area contributed by atoms with Gasteiger partial charge in [0.15, 0.2) is 11.6 Å². The number of aromatic amines is 1. The van der Waals surface area contributed by atoms with Crippen LogP contribution >= 0.6 is 11.3 Å². The van der Waals surface area contributed by atoms with E-state index in [-0.39, 0.29) is 5.56 Å². The third-order valence-corrected chi connectivity index (χ3v) is 7.72. The molecule has 0 spiro atoms. The van der Waals surface area contributed by atoms with Crippen molar-refractivity contribution in [2.24, 2.45) is 0 Å². The number of carbonyl (C=O) groups excluding carboxylic acids is 1. The number of ether oxygens (including phenoxy) is 1. The van der Waals surface area contributed by atoms with Crippen molar-refractivity contribution in [3.8, 4) is 11.4 Å². The summed E-state index contributed by atoms with van der Waals surface area (Å²) in [5, 5.41) is 24.6. The largest absolute Gasteiger partial charge is 0.378 e. The normalized spacial score (nSPS) is 13.6. The molecule has 1 aromatic carbocycles. The smallest absolute Gasteiger partial charge is 0.277 e. The van der Waals surface area contributed by atoms with Gasteiger partial charge in [-0.15, -0.1) is 11.3 Å². The van der Waals surface area contributed by atoms with E-state index < -0.39 is 5.91 Å². The van der Waals surface area contributed by atoms with Crippen molar-refractivity contribution in [1.82, 2.24) is 35.6 Å². The van der Waals surface area contributed by atoms with Crippen LogP contribution in [0.2, 0.25) is 0 Å². The van der Waals surface area contributed by atoms with Crippen LogP contribution in [-0.2, 0) is 11.3 Å². The molecule has 4 N–H and O–H groups in total. The van der Waals surface area contributed by atoms with E-state index in [1.54, 1.807) is 23.0 Å². The van der Waals surface area contributed by atoms with Crippen LogP contribution in [-0.4, -0.2) is 80.3 Å². The summed E-state index contributed by atoms with van der Waals surface area (Å²) in [6.45, 7) is 3.74. The van der Waals surface area contributed by atoms with E-state index in [1.165, 1.54) is 18.6 Å². The lowest BCUT2D eigenvalue weighted by molar-refractivity contribution is 0.0705. The van der Waals surface area contributed by atoms with Crippen LogP contribution in [0.1, 0.15) is 21.7 Å². The van der Waals surface area contributed by atoms with E-state index in [9.17, 15) is 4.79 Å². The number of aromatic nitrogens is 6. The predicted molar refractivity (Wildman–Crippen MR) is 151 cm³/mol. The molecule has 1 saturated heterocycles. The van der Waals surface area contributed by atoms with Crippen molar-refractivity contribution in [1.29, 1.82) is 5.41 Å². The Bertz CT molecular complexity index is 1660. The minimum atomic E-state index is -0.682. The highest BCUT2D eigenvalue weighted by molar-refractivity contribution is 7.19. The summed E-state index contributed by atoms with van der Waals surface area (Å²) >= 11 is 1.62. The molecule has 4 aromatic heterocycles. The first-order valence-corrected chi connectivity index (χ1v) is 13.5. The third-order valence-electron chi connectivity index (χ3n) is 6.62. The quantitative estimate of drug-likeness (QED) is 0.120. The first-order chi connectivity index (χ1) is 19.6. The Morgan fingerprint density at radius 1 is 1.23 bits per heavy atom. The number of carbonyl (C=O) groups is 1. The molecule has 0 saturated carbocycles. The van der Waals surface area contributed by atoms with Crippen molar-refractivity contribution < 1.29 is 14.7 Å². The molecule has 1 fully saturated rings. The molecular formula is C26H26N10O3S. The second-order valence-electron chi connectivity index (χ2n) is 9.16. The van der Waals surface area contributed by atoms with Gasteiger partial charge in [-0.25, -0.2) is 25.4 Å². The number of fused-ring (bicyclic) bond motifs is 2. The fourth-order valence-corrected chi connectivity index (χ4v) is 5.77. The number of benzene rings is 1. The van der Waals surface area contributed by atoms with Crippen LogP contribution in [0, 0.1) is 5.41 Å². The van der Waals surface area contributed by atoms with E-state index in [0.717, 1.165) is 50.5 Å². The van der Waals surface area contributed by atoms with Crippen LogP contribution in [0.15, 0.2) is 42.9 Å². The minimum Gasteiger partial charge on any atom is -0.378 e. The van der Waals surface area contributed by atoms with Gasteiger partial charge in [-0.3, -0.25) is 15.1 Å². The molecule has 0 atom stereocenters. The number of hydrogen-bond donors (Lipinski definition) is 4. The van der Waals surface area contributed by atoms with Crippen LogP contribution in [0.4, 0.5) is 11.8 Å². The summed E-state index contributed by atoms with van der Waals surface area (Å²) < 4.78 is 6.59. The van der Waals surface area contributed by atoms with Crippen molar-refractivity contribution in [3.63, 3.8) is 0 Å². The van der Waals surface area contributed by atoms with Crippen LogP contribution < -0.4 is 15.3 Å². The zero-order valence-corrected chi connectivity index (χ0v) is 22.2. The molecule has 5 aromatic rings. The van der Waals surface area contributed by atoms with Crippen LogP contribution in [0.5, 0.6) is 0 Å². The second-order valence-corrected chi connectivity index (χ2v) is 10.3. The first-order valence-electron chi connectivity index (χ1n) is 12.7. The predicted octanol–water partition coefficient (Wildman–Crippen LogP) is 3.03. The number of hydrogen-bond acceptors (Lipinski definition) is 12. The molecule has 1 aliphatic heterocycles. The number of amides is 1. The summed E-state index contributed by atoms with van der Waals surface area (Å²) in [5.74, 6) is 1.24. The SMILES string of the molecule is N=CCCN(Cc1cc2nc(-c3cccc4[nH]ncc34)nc(N3CCOCC3)c2s1)c1ncc(C(=O)NO)cn1. The van der Waals surface area contributed by atoms with E-state index in [1.807, 2.05) is 23.1 Å². The van der Waals surface area contributed by atoms with Crippen molar-refractivity contribution in [2.75, 3.05) is 42.6 Å². The molecule has 5 heterocycles. The third kappa shape index (κ3) is 5.06. The number of thiophene rings is 1. The minimum absolute atomic E-state index is 0.144. The Labute approximate surface area is 232 Å². The van der Waals surface area contributed by atoms with Crippen molar-refractivity contribution in [2.45, 2.75) is 13.0 Å². The number of nitrogens with one attached hydrogen (secondary N) is 3. The highest BCUT2D eigenvalue weighted by Crippen LogP contribution is 2.36. The summed E-state index contributed by atoms with van der Waals surface area (Å²) in [4.78, 5) is 35.6. The maximum atomic E-state index is 11.7. The molecule has 6 rings (SSSR count). The highest BCUT2D eigenvalue weighted by Gasteiger charge is 2.22. The van der Waals surface area contributed by atoms with Gasteiger partial charge >= 0.3 is 0 Å². The molecule has 14 heteroatoms. The van der Waals surface area contributed by atoms with Gasteiger partial charge in [0.2, 0.25) is 5.95 Å². The molecule has 0 aliphatic carbocycles. The lowest BCUT2D eigenvalue weighted by Crippen LogP contribution is -2.36. The number of nitrogens with zero attached hydrogens (tertiary/aromatic N) is 7. The van der Waals surface area contributed by atoms with Gasteiger partial charge in [-0.1, -0.05) is 12.1 Å². The number of morpholine rings is 1. The molecule has 0 bridgehead atoms. The topological polar surface area (TPSA) is 169 Å². The monoisotopic (exact) mass is 558 g/mol. The van der Waals surface area contributed by atoms with Crippen molar-refractivity contribution >= 4 is 56.3 Å². The van der Waals surface area contributed by atoms with Crippen LogP contribution in [0.3, 0.4) is 0 Å². The summed E-state index contributed by atoms with van der Waals surface area (Å²) in [5.41, 5.74) is 4.40. The highest BCUT2D eigenvalue weighted by atomic mass is 32.1. The Morgan fingerprint density at radius 2 is 2.05 bits per heavy atom. The molecule has 0 unspecified atom stereocenters. The fourth-order valence-electron chi connectivity index (χ4n) is 4.64. The molecular weight excluding hydrogens is 532 g/mol. The van der Waals surface area contributed by atoms with Gasteiger partial charge in [0.05, 0.1) is 47.3 Å². The molecule has 1 aliphatic rings. The summed E-state index contributed by atoms with van der Waals surface area (Å²) in [7, 11) is 0. The first kappa shape index (κ1) is 25.7. The Hall–Kier alpha value is -4.53. The Balaban J connectivity index is 1.39. The van der Waals surface area contributed by atoms with Gasteiger partial charge in [0.25, 0.3) is 5.91 Å². The molecule has 0 radical (unpaired) electrons. The molecule has 13 nitrogen and oxygen atoms in total. The standard InChI is InChI=1S/C26H26N10O3S/c27-5-2-6-36(26-28-12-16(13-29-26)25(37)34-38)15-17-11-21-22(40-17)24(35-7-9-39-10-8-35)32-23(31-21)18-3-1-4-20-19(18)14-30-33-20/h1,3-5,11-14,27,38H,2,6-10,15H2,(H,30,33)(H,34,37). The summed E-state index contributed by atoms with van der Waals surface area (Å²) in [6.07, 6.45) is 6.37. The number of H-pyrrole nitrogens is 1. The van der Waals surface area contributed by atoms with Gasteiger partial charge in [0, 0.05) is 47.9 Å². The molecule has 204 valence electrons. The van der Waals surface area contributed by atoms with Gasteiger partial charge in [0.1, 0.15) is 0 Å². The Kier molecular flexibility index (Phi) is 7.27. The summed E-state index contributed by atoms with van der Waals surface area (Å²) in [6, 6.07) is 8.01. The van der Waals surface area contributed by atoms with Gasteiger partial charge in [-0.05, 0) is 24.8 Å². The van der Waals surface area contributed by atoms with E-state index in [2.05, 4.69) is 31.1 Å². The van der Waals surface area contributed by atoms with Crippen LogP contribution in [0.25, 0.3) is 32.5 Å². The van der Waals surface area contributed by atoms with Gasteiger partial charge in [-0.2, -0.15) is 5.10 Å². The average molecular weight is 559 g/mol. The Morgan fingerprint density at radius 3 is 2.83 bits per heavy atom. The maximum Gasteiger partial charge on any atom is 0.277 e. The van der Waals surface area contributed by atoms with Crippen molar-refractivity contribution in [3.05, 3.63) is 53.3 Å². The number of hydroxylamine groups is 1. The average Bonchev–Trinajstić information content (AvgIpc) is 3.65. The maximum absolute atomic E-state index is 11.7. The van der Waals surface area contributed by atoms with Gasteiger partial charge < -0.3 is 19.9 Å². The van der Waals surface area contributed by atoms with E-state index in [0.29, 0.717) is 44.5 Å². The van der Waals surface area contributed by atoms with E-state index in [4.69, 9.17) is 25.3 Å². The lowest BCUT2D eigenvalue weighted by atomic mass is 10.1. The fraction of sp³-hybridized carbons (Fsp3) is 0.269.